The molecule has 0 heterocycles. The summed E-state index contributed by atoms with van der Waals surface area (Å²) in [6.07, 6.45) is 2.10. The quantitative estimate of drug-likeness (QED) is 0.567. The van der Waals surface area contributed by atoms with Crippen LogP contribution in [0.2, 0.25) is 0 Å². The van der Waals surface area contributed by atoms with Crippen LogP contribution in [0.4, 0.5) is 0 Å². The van der Waals surface area contributed by atoms with E-state index in [1.807, 2.05) is 13.8 Å². The van der Waals surface area contributed by atoms with Crippen molar-refractivity contribution in [3.8, 4) is 11.8 Å². The third-order valence-electron chi connectivity index (χ3n) is 2.83. The first-order valence-corrected chi connectivity index (χ1v) is 8.75. The van der Waals surface area contributed by atoms with E-state index in [0.29, 0.717) is 18.8 Å². The lowest BCUT2D eigenvalue weighted by molar-refractivity contribution is 0.303. The highest BCUT2D eigenvalue weighted by atomic mass is 35.7. The molecule has 0 bridgehead atoms. The third-order valence-corrected chi connectivity index (χ3v) is 4.18. The molecule has 0 N–H and O–H groups in total. The SMILES string of the molecule is CC(C)c1cc(S(=O)(=O)Cl)ccc1OCCCCC#N. The predicted molar refractivity (Wildman–Crippen MR) is 78.5 cm³/mol. The van der Waals surface area contributed by atoms with Crippen LogP contribution in [0.15, 0.2) is 23.1 Å². The molecule has 0 radical (unpaired) electrons. The Bertz CT molecular complexity index is 591. The molecule has 4 nitrogen and oxygen atoms in total. The summed E-state index contributed by atoms with van der Waals surface area (Å²) in [7, 11) is 1.62. The van der Waals surface area contributed by atoms with Crippen LogP contribution in [0, 0.1) is 11.3 Å². The first kappa shape index (κ1) is 16.8. The topological polar surface area (TPSA) is 67.2 Å². The van der Waals surface area contributed by atoms with Gasteiger partial charge in [-0.2, -0.15) is 5.26 Å². The second-order valence-corrected chi connectivity index (χ2v) is 7.32. The van der Waals surface area contributed by atoms with Crippen molar-refractivity contribution in [3.63, 3.8) is 0 Å². The number of halogens is 1. The van der Waals surface area contributed by atoms with Crippen molar-refractivity contribution in [2.45, 2.75) is 43.9 Å². The number of nitrogens with zero attached hydrogens (tertiary/aromatic N) is 1. The minimum Gasteiger partial charge on any atom is -0.493 e. The van der Waals surface area contributed by atoms with Crippen molar-refractivity contribution >= 4 is 19.7 Å². The summed E-state index contributed by atoms with van der Waals surface area (Å²) in [5.41, 5.74) is 0.812. The molecular formula is C14H18ClNO3S. The summed E-state index contributed by atoms with van der Waals surface area (Å²) in [4.78, 5) is 0.0831. The van der Waals surface area contributed by atoms with Crippen LogP contribution in [-0.4, -0.2) is 15.0 Å². The molecule has 6 heteroatoms. The summed E-state index contributed by atoms with van der Waals surface area (Å²) < 4.78 is 28.4. The van der Waals surface area contributed by atoms with Gasteiger partial charge in [0.05, 0.1) is 17.6 Å². The smallest absolute Gasteiger partial charge is 0.261 e. The maximum Gasteiger partial charge on any atom is 0.261 e. The highest BCUT2D eigenvalue weighted by molar-refractivity contribution is 8.13. The first-order valence-electron chi connectivity index (χ1n) is 6.44. The zero-order valence-electron chi connectivity index (χ0n) is 11.6. The summed E-state index contributed by atoms with van der Waals surface area (Å²) in [6.45, 7) is 4.43. The van der Waals surface area contributed by atoms with Gasteiger partial charge in [0.25, 0.3) is 9.05 Å². The van der Waals surface area contributed by atoms with Crippen LogP contribution >= 0.6 is 10.7 Å². The number of hydrogen-bond donors (Lipinski definition) is 0. The second-order valence-electron chi connectivity index (χ2n) is 4.76. The van der Waals surface area contributed by atoms with Crippen molar-refractivity contribution in [2.24, 2.45) is 0 Å². The molecule has 0 saturated heterocycles. The molecule has 0 unspecified atom stereocenters. The first-order chi connectivity index (χ1) is 9.36. The molecule has 110 valence electrons. The molecule has 0 fully saturated rings. The zero-order valence-corrected chi connectivity index (χ0v) is 13.2. The van der Waals surface area contributed by atoms with Gasteiger partial charge in [-0.15, -0.1) is 0 Å². The summed E-state index contributed by atoms with van der Waals surface area (Å²) in [5, 5.41) is 8.45. The fourth-order valence-electron chi connectivity index (χ4n) is 1.75. The Hall–Kier alpha value is -1.25. The van der Waals surface area contributed by atoms with Gasteiger partial charge in [-0.25, -0.2) is 8.42 Å². The molecule has 0 spiro atoms. The van der Waals surface area contributed by atoms with Gasteiger partial charge >= 0.3 is 0 Å². The van der Waals surface area contributed by atoms with Crippen LogP contribution in [-0.2, 0) is 9.05 Å². The Kier molecular flexibility index (Phi) is 6.31. The van der Waals surface area contributed by atoms with Crippen LogP contribution in [0.3, 0.4) is 0 Å². The monoisotopic (exact) mass is 315 g/mol. The molecule has 1 rings (SSSR count). The van der Waals surface area contributed by atoms with E-state index < -0.39 is 9.05 Å². The second kappa shape index (κ2) is 7.51. The third kappa shape index (κ3) is 5.03. The largest absolute Gasteiger partial charge is 0.493 e. The van der Waals surface area contributed by atoms with Gasteiger partial charge in [0, 0.05) is 17.1 Å². The summed E-state index contributed by atoms with van der Waals surface area (Å²) >= 11 is 0. The molecular weight excluding hydrogens is 298 g/mol. The molecule has 0 aliphatic carbocycles. The van der Waals surface area contributed by atoms with Gasteiger partial charge in [0.15, 0.2) is 0 Å². The van der Waals surface area contributed by atoms with E-state index in [1.165, 1.54) is 6.07 Å². The van der Waals surface area contributed by atoms with E-state index in [4.69, 9.17) is 20.7 Å². The van der Waals surface area contributed by atoms with E-state index in [0.717, 1.165) is 18.4 Å². The van der Waals surface area contributed by atoms with Gasteiger partial charge < -0.3 is 4.74 Å². The van der Waals surface area contributed by atoms with Gasteiger partial charge in [0.1, 0.15) is 5.75 Å². The van der Waals surface area contributed by atoms with Crippen molar-refractivity contribution in [1.29, 1.82) is 5.26 Å². The maximum absolute atomic E-state index is 11.3. The number of nitriles is 1. The maximum atomic E-state index is 11.3. The Morgan fingerprint density at radius 3 is 2.60 bits per heavy atom. The average Bonchev–Trinajstić information content (AvgIpc) is 2.37. The Labute approximate surface area is 124 Å². The minimum absolute atomic E-state index is 0.0831. The number of hydrogen-bond acceptors (Lipinski definition) is 4. The molecule has 0 aliphatic heterocycles. The minimum atomic E-state index is -3.73. The summed E-state index contributed by atoms with van der Waals surface area (Å²) in [5.74, 6) is 0.795. The number of rotatable bonds is 7. The average molecular weight is 316 g/mol. The van der Waals surface area contributed by atoms with Crippen LogP contribution in [0.25, 0.3) is 0 Å². The van der Waals surface area contributed by atoms with Crippen molar-refractivity contribution in [3.05, 3.63) is 23.8 Å². The van der Waals surface area contributed by atoms with E-state index in [2.05, 4.69) is 6.07 Å². The zero-order chi connectivity index (χ0) is 15.2. The fraction of sp³-hybridized carbons (Fsp3) is 0.500. The van der Waals surface area contributed by atoms with Gasteiger partial charge in [0.2, 0.25) is 0 Å². The Balaban J connectivity index is 2.84. The normalized spacial score (nSPS) is 11.3. The number of benzene rings is 1. The van der Waals surface area contributed by atoms with Gasteiger partial charge in [-0.1, -0.05) is 13.8 Å². The van der Waals surface area contributed by atoms with Gasteiger partial charge in [-0.05, 0) is 42.5 Å². The molecule has 1 aromatic carbocycles. The molecule has 20 heavy (non-hydrogen) atoms. The molecule has 0 atom stereocenters. The van der Waals surface area contributed by atoms with E-state index in [9.17, 15) is 8.42 Å². The van der Waals surface area contributed by atoms with Crippen molar-refractivity contribution < 1.29 is 13.2 Å². The highest BCUT2D eigenvalue weighted by Crippen LogP contribution is 2.30. The molecule has 0 amide bonds. The fourth-order valence-corrected chi connectivity index (χ4v) is 2.54. The molecule has 1 aromatic rings. The lowest BCUT2D eigenvalue weighted by Crippen LogP contribution is -2.03. The van der Waals surface area contributed by atoms with Crippen LogP contribution < -0.4 is 4.74 Å². The molecule has 0 saturated carbocycles. The predicted octanol–water partition coefficient (Wildman–Crippen LogP) is 3.81. The molecule has 0 aromatic heterocycles. The van der Waals surface area contributed by atoms with E-state index in [1.54, 1.807) is 12.1 Å². The van der Waals surface area contributed by atoms with Crippen molar-refractivity contribution in [1.82, 2.24) is 0 Å². The van der Waals surface area contributed by atoms with E-state index in [-0.39, 0.29) is 10.8 Å². The summed E-state index contributed by atoms with van der Waals surface area (Å²) in [6, 6.07) is 6.71. The standard InChI is InChI=1S/C14H18ClNO3S/c1-11(2)13-10-12(20(15,17)18)6-7-14(13)19-9-5-3-4-8-16/h6-7,10-11H,3-5,9H2,1-2H3. The lowest BCUT2D eigenvalue weighted by atomic mass is 10.0. The lowest BCUT2D eigenvalue weighted by Gasteiger charge is -2.14. The van der Waals surface area contributed by atoms with E-state index >= 15 is 0 Å². The van der Waals surface area contributed by atoms with Crippen molar-refractivity contribution in [2.75, 3.05) is 6.61 Å². The highest BCUT2D eigenvalue weighted by Gasteiger charge is 2.15. The van der Waals surface area contributed by atoms with Crippen LogP contribution in [0.5, 0.6) is 5.75 Å². The Morgan fingerprint density at radius 2 is 2.05 bits per heavy atom. The van der Waals surface area contributed by atoms with Gasteiger partial charge in [-0.3, -0.25) is 0 Å². The number of unbranched alkanes of at least 4 members (excludes halogenated alkanes) is 2. The molecule has 0 aliphatic rings. The Morgan fingerprint density at radius 1 is 1.35 bits per heavy atom. The number of ether oxygens (including phenoxy) is 1. The van der Waals surface area contributed by atoms with Crippen LogP contribution in [0.1, 0.15) is 44.6 Å².